The van der Waals surface area contributed by atoms with Crippen molar-refractivity contribution in [2.24, 2.45) is 0 Å². The number of quaternary nitrogens is 1. The van der Waals surface area contributed by atoms with Gasteiger partial charge in [-0.3, -0.25) is 13.8 Å². The van der Waals surface area contributed by atoms with Gasteiger partial charge in [-0.1, -0.05) is 334 Å². The second-order valence-electron chi connectivity index (χ2n) is 25.3. The van der Waals surface area contributed by atoms with Gasteiger partial charge in [0.15, 0.2) is 0 Å². The first kappa shape index (κ1) is 77.0. The molecular weight excluding hydrogens is 984 g/mol. The van der Waals surface area contributed by atoms with E-state index >= 15 is 0 Å². The Morgan fingerprint density at radius 2 is 0.692 bits per heavy atom. The average molecular weight is 1120 g/mol. The lowest BCUT2D eigenvalue weighted by atomic mass is 10.0. The highest BCUT2D eigenvalue weighted by Gasteiger charge is 2.28. The number of allylic oxidation sites excluding steroid dienone is 3. The molecule has 0 rings (SSSR count). The van der Waals surface area contributed by atoms with Gasteiger partial charge in [-0.2, -0.15) is 0 Å². The number of amides is 1. The summed E-state index contributed by atoms with van der Waals surface area (Å²) < 4.78 is 23.8. The molecule has 78 heavy (non-hydrogen) atoms. The summed E-state index contributed by atoms with van der Waals surface area (Å²) in [6.45, 7) is 4.88. The van der Waals surface area contributed by atoms with Gasteiger partial charge in [0.1, 0.15) is 13.2 Å². The summed E-state index contributed by atoms with van der Waals surface area (Å²) in [5, 5.41) is 14.0. The number of aliphatic hydroxyl groups excluding tert-OH is 1. The first-order chi connectivity index (χ1) is 38.0. The number of nitrogens with one attached hydrogen (secondary N) is 1. The van der Waals surface area contributed by atoms with Crippen LogP contribution in [-0.2, 0) is 18.4 Å². The van der Waals surface area contributed by atoms with E-state index in [-0.39, 0.29) is 19.1 Å². The normalized spacial score (nSPS) is 13.8. The van der Waals surface area contributed by atoms with Crippen molar-refractivity contribution in [3.8, 4) is 0 Å². The summed E-state index contributed by atoms with van der Waals surface area (Å²) >= 11 is 0. The Morgan fingerprint density at radius 3 is 0.987 bits per heavy atom. The molecule has 3 unspecified atom stereocenters. The number of carbonyl (C=O) groups is 1. The second kappa shape index (κ2) is 60.6. The van der Waals surface area contributed by atoms with Crippen molar-refractivity contribution < 1.29 is 32.9 Å². The number of rotatable bonds is 65. The van der Waals surface area contributed by atoms with Crippen molar-refractivity contribution in [2.45, 2.75) is 373 Å². The second-order valence-corrected chi connectivity index (χ2v) is 26.7. The zero-order valence-electron chi connectivity index (χ0n) is 53.2. The number of phosphoric ester groups is 1. The molecule has 0 aliphatic heterocycles. The topological polar surface area (TPSA) is 105 Å². The van der Waals surface area contributed by atoms with E-state index in [0.717, 1.165) is 32.1 Å². The van der Waals surface area contributed by atoms with Crippen LogP contribution in [0.15, 0.2) is 24.3 Å². The third-order valence-electron chi connectivity index (χ3n) is 16.2. The van der Waals surface area contributed by atoms with Gasteiger partial charge >= 0.3 is 7.82 Å². The molecule has 0 aliphatic carbocycles. The minimum Gasteiger partial charge on any atom is -0.387 e. The summed E-state index contributed by atoms with van der Waals surface area (Å²) in [5.74, 6) is -0.169. The maximum absolute atomic E-state index is 13.0. The van der Waals surface area contributed by atoms with Crippen molar-refractivity contribution in [2.75, 3.05) is 40.9 Å². The lowest BCUT2D eigenvalue weighted by molar-refractivity contribution is -0.870. The third kappa shape index (κ3) is 62.6. The van der Waals surface area contributed by atoms with Gasteiger partial charge in [0, 0.05) is 6.42 Å². The zero-order valence-corrected chi connectivity index (χ0v) is 54.1. The van der Waals surface area contributed by atoms with E-state index < -0.39 is 20.0 Å². The number of nitrogens with zero attached hydrogens (tertiary/aromatic N) is 1. The fraction of sp³-hybridized carbons (Fsp3) is 0.928. The molecule has 3 N–H and O–H groups in total. The minimum absolute atomic E-state index is 0.0642. The number of hydrogen-bond donors (Lipinski definition) is 3. The number of likely N-dealkylation sites (N-methyl/N-ethyl adjacent to an activating group) is 1. The van der Waals surface area contributed by atoms with Crippen molar-refractivity contribution in [3.63, 3.8) is 0 Å². The van der Waals surface area contributed by atoms with Gasteiger partial charge in [-0.15, -0.1) is 0 Å². The maximum atomic E-state index is 13.0. The lowest BCUT2D eigenvalue weighted by Crippen LogP contribution is -2.45. The van der Waals surface area contributed by atoms with Crippen LogP contribution in [0.2, 0.25) is 0 Å². The van der Waals surface area contributed by atoms with Gasteiger partial charge in [-0.25, -0.2) is 4.57 Å². The van der Waals surface area contributed by atoms with Crippen LogP contribution in [0.3, 0.4) is 0 Å². The van der Waals surface area contributed by atoms with Crippen LogP contribution in [0.25, 0.3) is 0 Å². The Labute approximate surface area is 487 Å². The summed E-state index contributed by atoms with van der Waals surface area (Å²) in [7, 11) is 1.59. The van der Waals surface area contributed by atoms with Crippen LogP contribution in [0.1, 0.15) is 361 Å². The predicted octanol–water partition coefficient (Wildman–Crippen LogP) is 21.9. The molecule has 0 heterocycles. The molecule has 0 saturated heterocycles. The Morgan fingerprint density at radius 1 is 0.423 bits per heavy atom. The molecule has 0 saturated carbocycles. The van der Waals surface area contributed by atoms with Gasteiger partial charge in [0.05, 0.1) is 39.9 Å². The number of hydrogen-bond acceptors (Lipinski definition) is 5. The van der Waals surface area contributed by atoms with Gasteiger partial charge in [0.2, 0.25) is 5.91 Å². The minimum atomic E-state index is -4.35. The summed E-state index contributed by atoms with van der Waals surface area (Å²) in [5.41, 5.74) is 0. The van der Waals surface area contributed by atoms with E-state index in [1.807, 2.05) is 27.2 Å². The van der Waals surface area contributed by atoms with E-state index in [1.165, 1.54) is 308 Å². The van der Waals surface area contributed by atoms with Gasteiger partial charge < -0.3 is 19.8 Å². The highest BCUT2D eigenvalue weighted by Crippen LogP contribution is 2.43. The van der Waals surface area contributed by atoms with Crippen molar-refractivity contribution in [1.29, 1.82) is 0 Å². The Balaban J connectivity index is 4.03. The first-order valence-corrected chi connectivity index (χ1v) is 36.2. The van der Waals surface area contributed by atoms with Crippen LogP contribution in [0.5, 0.6) is 0 Å². The Bertz CT molecular complexity index is 1320. The monoisotopic (exact) mass is 1120 g/mol. The van der Waals surface area contributed by atoms with Crippen molar-refractivity contribution in [3.05, 3.63) is 24.3 Å². The number of carbonyl (C=O) groups excluding carboxylic acids is 1. The molecule has 1 amide bonds. The van der Waals surface area contributed by atoms with Crippen LogP contribution in [0.4, 0.5) is 0 Å². The molecule has 0 aliphatic rings. The highest BCUT2D eigenvalue weighted by molar-refractivity contribution is 7.47. The molecule has 9 heteroatoms. The van der Waals surface area contributed by atoms with E-state index in [1.54, 1.807) is 6.08 Å². The highest BCUT2D eigenvalue weighted by atomic mass is 31.2. The first-order valence-electron chi connectivity index (χ1n) is 34.7. The van der Waals surface area contributed by atoms with E-state index in [9.17, 15) is 19.4 Å². The molecule has 0 aromatic carbocycles. The smallest absolute Gasteiger partial charge is 0.387 e. The standard InChI is InChI=1S/C69H137N2O6P/c1-6-8-10-12-14-16-18-20-22-24-26-28-30-32-33-34-35-36-37-38-39-41-43-45-47-49-51-53-55-57-59-61-63-69(73)70-67(66-77-78(74,75)76-65-64-71(3,4)5)68(72)62-60-58-56-54-52-50-48-46-44-42-40-31-29-27-25-23-21-19-17-15-13-11-9-7-2/h32-33,60,62,67-68,72H,6-31,34-59,61,63-66H2,1-5H3,(H-,70,73,74,75)/p+1/b33-32-,62-60+. The van der Waals surface area contributed by atoms with Crippen LogP contribution in [0, 0.1) is 0 Å². The maximum Gasteiger partial charge on any atom is 0.472 e. The quantitative estimate of drug-likeness (QED) is 0.0243. The molecule has 0 bridgehead atoms. The Hall–Kier alpha value is -1.02. The average Bonchev–Trinajstić information content (AvgIpc) is 3.41. The molecule has 0 spiro atoms. The number of aliphatic hydroxyl groups is 1. The predicted molar refractivity (Wildman–Crippen MR) is 342 cm³/mol. The van der Waals surface area contributed by atoms with Crippen molar-refractivity contribution in [1.82, 2.24) is 5.32 Å². The van der Waals surface area contributed by atoms with Gasteiger partial charge in [0.25, 0.3) is 0 Å². The molecule has 3 atom stereocenters. The van der Waals surface area contributed by atoms with Crippen LogP contribution in [-0.4, -0.2) is 73.4 Å². The molecule has 0 fully saturated rings. The van der Waals surface area contributed by atoms with E-state index in [0.29, 0.717) is 17.4 Å². The fourth-order valence-electron chi connectivity index (χ4n) is 10.7. The molecule has 8 nitrogen and oxygen atoms in total. The Kier molecular flexibility index (Phi) is 59.8. The van der Waals surface area contributed by atoms with E-state index in [2.05, 4.69) is 31.3 Å². The molecule has 0 aromatic rings. The summed E-state index contributed by atoms with van der Waals surface area (Å²) in [6, 6.07) is -0.845. The van der Waals surface area contributed by atoms with Gasteiger partial charge in [-0.05, 0) is 44.9 Å². The molecule has 0 radical (unpaired) electrons. The van der Waals surface area contributed by atoms with Crippen molar-refractivity contribution >= 4 is 13.7 Å². The largest absolute Gasteiger partial charge is 0.472 e. The fourth-order valence-corrected chi connectivity index (χ4v) is 11.5. The number of unbranched alkanes of at least 4 members (excludes halogenated alkanes) is 50. The third-order valence-corrected chi connectivity index (χ3v) is 17.1. The molecule has 464 valence electrons. The SMILES string of the molecule is CCCCCCCCCCCCCC/C=C\CCCCCCCCCCCCCCCCCCC(=O)NC(COP(=O)(O)OCC[N+](C)(C)C)C(O)/C=C/CCCCCCCCCCCCCCCCCCCCCCCC. The van der Waals surface area contributed by atoms with E-state index in [4.69, 9.17) is 9.05 Å². The van der Waals surface area contributed by atoms with Crippen LogP contribution < -0.4 is 5.32 Å². The zero-order chi connectivity index (χ0) is 57.0. The summed E-state index contributed by atoms with van der Waals surface area (Å²) in [6.07, 6.45) is 78.9. The molecule has 0 aromatic heterocycles. The lowest BCUT2D eigenvalue weighted by Gasteiger charge is -2.25. The molecular formula is C69H138N2O6P+. The summed E-state index contributed by atoms with van der Waals surface area (Å²) in [4.78, 5) is 23.4. The number of phosphoric acid groups is 1. The van der Waals surface area contributed by atoms with Crippen LogP contribution >= 0.6 is 7.82 Å².